The molecule has 1 aromatic carbocycles. The molecule has 8 heteroatoms. The largest absolute Gasteiger partial charge is 0.461 e. The van der Waals surface area contributed by atoms with Crippen LogP contribution in [-0.4, -0.2) is 53.9 Å². The zero-order valence-electron chi connectivity index (χ0n) is 15.7. The maximum absolute atomic E-state index is 6.30. The molecule has 1 aromatic heterocycles. The van der Waals surface area contributed by atoms with Crippen molar-refractivity contribution >= 4 is 21.6 Å². The number of benzene rings is 1. The van der Waals surface area contributed by atoms with Crippen LogP contribution in [0.2, 0.25) is 0 Å². The Bertz CT molecular complexity index is 819. The smallest absolute Gasteiger partial charge is 0.274 e. The van der Waals surface area contributed by atoms with Crippen molar-refractivity contribution in [2.24, 2.45) is 0 Å². The van der Waals surface area contributed by atoms with Gasteiger partial charge in [0.15, 0.2) is 30.1 Å². The van der Waals surface area contributed by atoms with Crippen molar-refractivity contribution in [1.29, 1.82) is 0 Å². The first-order valence-corrected chi connectivity index (χ1v) is 9.96. The Labute approximate surface area is 161 Å². The average molecular weight is 393 g/mol. The summed E-state index contributed by atoms with van der Waals surface area (Å²) in [6.07, 6.45) is -1.90. The number of ether oxygens (including phenoxy) is 6. The van der Waals surface area contributed by atoms with E-state index in [4.69, 9.17) is 28.4 Å². The molecule has 27 heavy (non-hydrogen) atoms. The van der Waals surface area contributed by atoms with E-state index in [1.807, 2.05) is 52.0 Å². The molecule has 3 aliphatic heterocycles. The first-order valence-electron chi connectivity index (χ1n) is 9.15. The zero-order valence-corrected chi connectivity index (χ0v) is 16.5. The molecule has 2 aromatic rings. The van der Waals surface area contributed by atoms with Crippen molar-refractivity contribution in [3.8, 4) is 5.19 Å². The molecule has 0 saturated carbocycles. The van der Waals surface area contributed by atoms with Gasteiger partial charge in [-0.3, -0.25) is 0 Å². The highest BCUT2D eigenvalue weighted by atomic mass is 32.1. The van der Waals surface area contributed by atoms with E-state index in [0.717, 1.165) is 10.2 Å². The van der Waals surface area contributed by atoms with E-state index in [2.05, 4.69) is 4.98 Å². The second kappa shape index (κ2) is 6.10. The van der Waals surface area contributed by atoms with E-state index in [1.54, 1.807) is 0 Å². The Morgan fingerprint density at radius 2 is 1.85 bits per heavy atom. The van der Waals surface area contributed by atoms with Crippen LogP contribution < -0.4 is 4.74 Å². The van der Waals surface area contributed by atoms with Crippen molar-refractivity contribution in [3.05, 3.63) is 24.3 Å². The number of hydrogen-bond acceptors (Lipinski definition) is 8. The average Bonchev–Trinajstić information content (AvgIpc) is 3.30. The molecule has 7 nitrogen and oxygen atoms in total. The van der Waals surface area contributed by atoms with E-state index in [-0.39, 0.29) is 18.3 Å². The van der Waals surface area contributed by atoms with Crippen molar-refractivity contribution in [2.45, 2.75) is 70.0 Å². The molecule has 3 saturated heterocycles. The van der Waals surface area contributed by atoms with Crippen LogP contribution in [0.5, 0.6) is 5.19 Å². The molecular formula is C19H23NO6S. The molecule has 3 aliphatic rings. The molecule has 0 spiro atoms. The Morgan fingerprint density at radius 3 is 2.59 bits per heavy atom. The number of para-hydroxylation sites is 1. The van der Waals surface area contributed by atoms with Gasteiger partial charge in [0.1, 0.15) is 12.2 Å². The highest BCUT2D eigenvalue weighted by molar-refractivity contribution is 7.20. The topological polar surface area (TPSA) is 68.3 Å². The van der Waals surface area contributed by atoms with Gasteiger partial charge in [0.25, 0.3) is 5.19 Å². The number of nitrogens with zero attached hydrogens (tertiary/aromatic N) is 1. The SMILES string of the molecule is CC1(C)OCC([C@H]2O[C@@H]3OC(C)(C)O[C@@H]3[C@H]2Oc2nc3ccccc3s2)O1. The van der Waals surface area contributed by atoms with Crippen molar-refractivity contribution in [3.63, 3.8) is 0 Å². The molecular weight excluding hydrogens is 370 g/mol. The molecule has 1 unspecified atom stereocenters. The van der Waals surface area contributed by atoms with Gasteiger partial charge in [-0.1, -0.05) is 23.5 Å². The highest BCUT2D eigenvalue weighted by Gasteiger charge is 2.59. The van der Waals surface area contributed by atoms with Gasteiger partial charge >= 0.3 is 0 Å². The minimum absolute atomic E-state index is 0.264. The Hall–Kier alpha value is -1.29. The lowest BCUT2D eigenvalue weighted by Crippen LogP contribution is -2.45. The van der Waals surface area contributed by atoms with Crippen LogP contribution in [0.3, 0.4) is 0 Å². The van der Waals surface area contributed by atoms with Gasteiger partial charge in [0, 0.05) is 0 Å². The predicted octanol–water partition coefficient (Wildman–Crippen LogP) is 3.07. The number of fused-ring (bicyclic) bond motifs is 2. The molecule has 4 heterocycles. The normalized spacial score (nSPS) is 37.0. The first kappa shape index (κ1) is 17.8. The van der Waals surface area contributed by atoms with E-state index >= 15 is 0 Å². The van der Waals surface area contributed by atoms with Crippen LogP contribution in [0, 0.1) is 0 Å². The standard InChI is InChI=1S/C19H23NO6S/c1-18(2)21-9-11(24-18)13-14(15-16(22-13)26-19(3,4)25-15)23-17-20-10-7-5-6-8-12(10)27-17/h5-8,11,13-16H,9H2,1-4H3/t11?,13-,14+,15-,16-/m1/s1. The Balaban J connectivity index is 1.43. The summed E-state index contributed by atoms with van der Waals surface area (Å²) in [7, 11) is 0. The fraction of sp³-hybridized carbons (Fsp3) is 0.632. The van der Waals surface area contributed by atoms with Crippen LogP contribution in [0.15, 0.2) is 24.3 Å². The Morgan fingerprint density at radius 1 is 1.04 bits per heavy atom. The van der Waals surface area contributed by atoms with Crippen LogP contribution in [0.4, 0.5) is 0 Å². The maximum Gasteiger partial charge on any atom is 0.274 e. The minimum atomic E-state index is -0.720. The van der Waals surface area contributed by atoms with Crippen LogP contribution in [0.1, 0.15) is 27.7 Å². The third kappa shape index (κ3) is 3.24. The molecule has 146 valence electrons. The molecule has 0 N–H and O–H groups in total. The van der Waals surface area contributed by atoms with Crippen molar-refractivity contribution < 1.29 is 28.4 Å². The number of rotatable bonds is 3. The summed E-state index contributed by atoms with van der Waals surface area (Å²) in [5.41, 5.74) is 0.912. The van der Waals surface area contributed by atoms with E-state index in [9.17, 15) is 0 Å². The summed E-state index contributed by atoms with van der Waals surface area (Å²) in [6.45, 7) is 7.96. The summed E-state index contributed by atoms with van der Waals surface area (Å²) in [5.74, 6) is -1.37. The van der Waals surface area contributed by atoms with Crippen LogP contribution >= 0.6 is 11.3 Å². The second-order valence-electron chi connectivity index (χ2n) is 7.97. The fourth-order valence-corrected chi connectivity index (χ4v) is 4.69. The van der Waals surface area contributed by atoms with Gasteiger partial charge < -0.3 is 28.4 Å². The van der Waals surface area contributed by atoms with Crippen LogP contribution in [-0.2, 0) is 23.7 Å². The summed E-state index contributed by atoms with van der Waals surface area (Å²) in [5, 5.41) is 0.585. The first-order chi connectivity index (χ1) is 12.8. The second-order valence-corrected chi connectivity index (χ2v) is 8.96. The summed E-state index contributed by atoms with van der Waals surface area (Å²) in [6, 6.07) is 7.95. The Kier molecular flexibility index (Phi) is 4.02. The van der Waals surface area contributed by atoms with Gasteiger partial charge in [-0.15, -0.1) is 0 Å². The lowest BCUT2D eigenvalue weighted by molar-refractivity contribution is -0.230. The van der Waals surface area contributed by atoms with Gasteiger partial charge in [-0.05, 0) is 39.8 Å². The number of aromatic nitrogens is 1. The van der Waals surface area contributed by atoms with Gasteiger partial charge in [0.05, 0.1) is 16.8 Å². The molecule has 0 aliphatic carbocycles. The van der Waals surface area contributed by atoms with E-state index < -0.39 is 24.0 Å². The highest BCUT2D eigenvalue weighted by Crippen LogP contribution is 2.43. The third-order valence-corrected chi connectivity index (χ3v) is 5.86. The molecule has 0 bridgehead atoms. The van der Waals surface area contributed by atoms with Crippen molar-refractivity contribution in [1.82, 2.24) is 4.98 Å². The summed E-state index contributed by atoms with van der Waals surface area (Å²) in [4.78, 5) is 4.59. The molecule has 3 fully saturated rings. The van der Waals surface area contributed by atoms with Gasteiger partial charge in [-0.25, -0.2) is 4.98 Å². The molecule has 0 radical (unpaired) electrons. The quantitative estimate of drug-likeness (QED) is 0.794. The van der Waals surface area contributed by atoms with E-state index in [0.29, 0.717) is 11.8 Å². The minimum Gasteiger partial charge on any atom is -0.461 e. The molecule has 5 rings (SSSR count). The fourth-order valence-electron chi connectivity index (χ4n) is 3.83. The zero-order chi connectivity index (χ0) is 18.8. The maximum atomic E-state index is 6.30. The lowest BCUT2D eigenvalue weighted by Gasteiger charge is -2.28. The summed E-state index contributed by atoms with van der Waals surface area (Å²) < 4.78 is 37.3. The number of hydrogen-bond donors (Lipinski definition) is 0. The van der Waals surface area contributed by atoms with Crippen LogP contribution in [0.25, 0.3) is 10.2 Å². The monoisotopic (exact) mass is 393 g/mol. The van der Waals surface area contributed by atoms with Gasteiger partial charge in [0.2, 0.25) is 0 Å². The predicted molar refractivity (Wildman–Crippen MR) is 97.6 cm³/mol. The lowest BCUT2D eigenvalue weighted by atomic mass is 10.1. The third-order valence-electron chi connectivity index (χ3n) is 4.93. The molecule has 5 atom stereocenters. The summed E-state index contributed by atoms with van der Waals surface area (Å²) >= 11 is 1.51. The number of thiazole rings is 1. The van der Waals surface area contributed by atoms with E-state index in [1.165, 1.54) is 11.3 Å². The van der Waals surface area contributed by atoms with Gasteiger partial charge in [-0.2, -0.15) is 0 Å². The molecule has 0 amide bonds. The van der Waals surface area contributed by atoms with Crippen molar-refractivity contribution in [2.75, 3.05) is 6.61 Å².